The van der Waals surface area contributed by atoms with E-state index >= 15 is 0 Å². The van der Waals surface area contributed by atoms with Gasteiger partial charge in [-0.1, -0.05) is 78.9 Å². The summed E-state index contributed by atoms with van der Waals surface area (Å²) in [5.41, 5.74) is 4.12. The highest BCUT2D eigenvalue weighted by atomic mass is 16.3. The van der Waals surface area contributed by atoms with Gasteiger partial charge in [-0.2, -0.15) is 0 Å². The van der Waals surface area contributed by atoms with Crippen molar-refractivity contribution >= 4 is 17.2 Å². The molecule has 0 aliphatic rings. The summed E-state index contributed by atoms with van der Waals surface area (Å²) in [5.74, 6) is 2.35. The third-order valence-corrected chi connectivity index (χ3v) is 6.07. The number of aromatic hydroxyl groups is 1. The lowest BCUT2D eigenvalue weighted by Crippen LogP contribution is -2.11. The number of nitrogens with zero attached hydrogens (tertiary/aromatic N) is 5. The minimum absolute atomic E-state index is 0.114. The molecule has 0 fully saturated rings. The molecule has 6 rings (SSSR count). The van der Waals surface area contributed by atoms with Gasteiger partial charge in [0.15, 0.2) is 17.5 Å². The molecule has 4 aromatic carbocycles. The zero-order valence-corrected chi connectivity index (χ0v) is 20.4. The number of pyridine rings is 1. The summed E-state index contributed by atoms with van der Waals surface area (Å²) >= 11 is 0. The van der Waals surface area contributed by atoms with Gasteiger partial charge in [-0.15, -0.1) is 0 Å². The molecule has 0 radical (unpaired) electrons. The Morgan fingerprint density at radius 3 is 1.84 bits per heavy atom. The number of para-hydroxylation sites is 2. The van der Waals surface area contributed by atoms with Gasteiger partial charge < -0.3 is 5.11 Å². The molecule has 0 saturated heterocycles. The highest BCUT2D eigenvalue weighted by Gasteiger charge is 2.17. The van der Waals surface area contributed by atoms with Crippen molar-refractivity contribution in [3.63, 3.8) is 0 Å². The summed E-state index contributed by atoms with van der Waals surface area (Å²) in [6.45, 7) is 0. The van der Waals surface area contributed by atoms with Crippen LogP contribution in [0.5, 0.6) is 5.75 Å². The first kappa shape index (κ1) is 23.1. The summed E-state index contributed by atoms with van der Waals surface area (Å²) in [6.07, 6.45) is 1.78. The Hall–Kier alpha value is -5.36. The van der Waals surface area contributed by atoms with Crippen LogP contribution in [0.3, 0.4) is 0 Å². The van der Waals surface area contributed by atoms with Crippen LogP contribution in [0.1, 0.15) is 0 Å². The maximum Gasteiger partial charge on any atom is 0.167 e. The number of hydrogen-bond donors (Lipinski definition) is 1. The van der Waals surface area contributed by atoms with Gasteiger partial charge in [0.05, 0.1) is 5.56 Å². The lowest BCUT2D eigenvalue weighted by Gasteiger charge is -2.24. The first-order valence-electron chi connectivity index (χ1n) is 12.2. The number of phenols is 1. The van der Waals surface area contributed by atoms with Crippen molar-refractivity contribution in [1.29, 1.82) is 0 Å². The summed E-state index contributed by atoms with van der Waals surface area (Å²) in [6, 6.07) is 40.8. The molecule has 6 aromatic rings. The van der Waals surface area contributed by atoms with E-state index in [0.29, 0.717) is 23.0 Å². The molecule has 2 heterocycles. The molecule has 0 aliphatic heterocycles. The van der Waals surface area contributed by atoms with Crippen LogP contribution in [0.2, 0.25) is 0 Å². The molecule has 0 amide bonds. The van der Waals surface area contributed by atoms with Crippen LogP contribution in [-0.4, -0.2) is 25.0 Å². The Balaban J connectivity index is 1.51. The standard InChI is InChI=1S/C32H23N5O/c38-28-19-8-7-18-27(28)32-35-30(23-12-3-1-4-13-23)34-31(36-32)24-14-11-17-26(22-24)37(25-15-5-2-6-16-25)29-20-9-10-21-33-29/h1-22,38H. The van der Waals surface area contributed by atoms with E-state index in [1.165, 1.54) is 0 Å². The van der Waals surface area contributed by atoms with Crippen molar-refractivity contribution in [3.05, 3.63) is 134 Å². The first-order valence-corrected chi connectivity index (χ1v) is 12.2. The van der Waals surface area contributed by atoms with Crippen molar-refractivity contribution in [2.75, 3.05) is 4.90 Å². The van der Waals surface area contributed by atoms with Crippen LogP contribution in [-0.2, 0) is 0 Å². The largest absolute Gasteiger partial charge is 0.507 e. The molecule has 0 atom stereocenters. The minimum Gasteiger partial charge on any atom is -0.507 e. The van der Waals surface area contributed by atoms with Crippen molar-refractivity contribution in [2.45, 2.75) is 0 Å². The van der Waals surface area contributed by atoms with Gasteiger partial charge in [0.25, 0.3) is 0 Å². The molecule has 0 spiro atoms. The van der Waals surface area contributed by atoms with Crippen LogP contribution in [0.25, 0.3) is 34.2 Å². The van der Waals surface area contributed by atoms with Crippen molar-refractivity contribution in [2.24, 2.45) is 0 Å². The first-order chi connectivity index (χ1) is 18.8. The molecule has 0 unspecified atom stereocenters. The Labute approximate surface area is 220 Å². The highest BCUT2D eigenvalue weighted by molar-refractivity contribution is 5.78. The van der Waals surface area contributed by atoms with Crippen LogP contribution >= 0.6 is 0 Å². The lowest BCUT2D eigenvalue weighted by atomic mass is 10.1. The summed E-state index contributed by atoms with van der Waals surface area (Å²) < 4.78 is 0. The Bertz CT molecular complexity index is 1640. The van der Waals surface area contributed by atoms with Crippen LogP contribution in [0, 0.1) is 0 Å². The topological polar surface area (TPSA) is 75.0 Å². The highest BCUT2D eigenvalue weighted by Crippen LogP contribution is 2.35. The third kappa shape index (κ3) is 4.70. The van der Waals surface area contributed by atoms with E-state index in [-0.39, 0.29) is 5.75 Å². The maximum absolute atomic E-state index is 10.5. The van der Waals surface area contributed by atoms with Gasteiger partial charge in [0.2, 0.25) is 0 Å². The number of anilines is 3. The van der Waals surface area contributed by atoms with Crippen LogP contribution in [0.4, 0.5) is 17.2 Å². The molecule has 182 valence electrons. The SMILES string of the molecule is Oc1ccccc1-c1nc(-c2ccccc2)nc(-c2cccc(N(c3ccccc3)c3ccccn3)c2)n1. The molecule has 0 bridgehead atoms. The number of rotatable bonds is 6. The number of benzene rings is 4. The third-order valence-electron chi connectivity index (χ3n) is 6.07. The Kier molecular flexibility index (Phi) is 6.27. The monoisotopic (exact) mass is 493 g/mol. The fourth-order valence-electron chi connectivity index (χ4n) is 4.27. The van der Waals surface area contributed by atoms with Gasteiger partial charge in [-0.25, -0.2) is 19.9 Å². The predicted octanol–water partition coefficient (Wildman–Crippen LogP) is 7.44. The predicted molar refractivity (Wildman–Crippen MR) is 150 cm³/mol. The molecule has 1 N–H and O–H groups in total. The van der Waals surface area contributed by atoms with E-state index in [9.17, 15) is 5.11 Å². The van der Waals surface area contributed by atoms with E-state index < -0.39 is 0 Å². The van der Waals surface area contributed by atoms with Gasteiger partial charge in [0, 0.05) is 28.7 Å². The van der Waals surface area contributed by atoms with Gasteiger partial charge in [-0.3, -0.25) is 4.90 Å². The normalized spacial score (nSPS) is 10.7. The van der Waals surface area contributed by atoms with E-state index in [1.54, 1.807) is 24.4 Å². The second-order valence-corrected chi connectivity index (χ2v) is 8.60. The molecule has 0 aliphatic carbocycles. The second kappa shape index (κ2) is 10.3. The minimum atomic E-state index is 0.114. The average Bonchev–Trinajstić information content (AvgIpc) is 2.99. The Morgan fingerprint density at radius 2 is 1.11 bits per heavy atom. The van der Waals surface area contributed by atoms with Crippen molar-refractivity contribution < 1.29 is 5.11 Å². The summed E-state index contributed by atoms with van der Waals surface area (Å²) in [4.78, 5) is 21.0. The van der Waals surface area contributed by atoms with E-state index in [4.69, 9.17) is 15.0 Å². The molecule has 6 nitrogen and oxygen atoms in total. The molecular weight excluding hydrogens is 470 g/mol. The fourth-order valence-corrected chi connectivity index (χ4v) is 4.27. The summed E-state index contributed by atoms with van der Waals surface area (Å²) in [5, 5.41) is 10.5. The molecular formula is C32H23N5O. The molecule has 2 aromatic heterocycles. The summed E-state index contributed by atoms with van der Waals surface area (Å²) in [7, 11) is 0. The smallest absolute Gasteiger partial charge is 0.167 e. The molecule has 0 saturated carbocycles. The van der Waals surface area contributed by atoms with Crippen molar-refractivity contribution in [1.82, 2.24) is 19.9 Å². The zero-order chi connectivity index (χ0) is 25.7. The number of aromatic nitrogens is 4. The van der Waals surface area contributed by atoms with Gasteiger partial charge in [0.1, 0.15) is 11.6 Å². The van der Waals surface area contributed by atoms with E-state index in [0.717, 1.165) is 28.3 Å². The van der Waals surface area contributed by atoms with E-state index in [1.807, 2.05) is 109 Å². The second-order valence-electron chi connectivity index (χ2n) is 8.60. The average molecular weight is 494 g/mol. The lowest BCUT2D eigenvalue weighted by molar-refractivity contribution is 0.477. The quantitative estimate of drug-likeness (QED) is 0.260. The van der Waals surface area contributed by atoms with Crippen LogP contribution in [0.15, 0.2) is 134 Å². The maximum atomic E-state index is 10.5. The number of phenolic OH excluding ortho intramolecular Hbond substituents is 1. The van der Waals surface area contributed by atoms with Crippen LogP contribution < -0.4 is 4.90 Å². The Morgan fingerprint density at radius 1 is 0.500 bits per heavy atom. The van der Waals surface area contributed by atoms with Gasteiger partial charge >= 0.3 is 0 Å². The molecule has 38 heavy (non-hydrogen) atoms. The zero-order valence-electron chi connectivity index (χ0n) is 20.4. The fraction of sp³-hybridized carbons (Fsp3) is 0. The van der Waals surface area contributed by atoms with E-state index in [2.05, 4.69) is 9.88 Å². The van der Waals surface area contributed by atoms with Crippen molar-refractivity contribution in [3.8, 4) is 39.9 Å². The number of hydrogen-bond acceptors (Lipinski definition) is 6. The molecule has 6 heteroatoms. The van der Waals surface area contributed by atoms with Gasteiger partial charge in [-0.05, 0) is 48.5 Å².